The van der Waals surface area contributed by atoms with Gasteiger partial charge in [0.05, 0.1) is 5.56 Å². The Morgan fingerprint density at radius 3 is 3.00 bits per heavy atom. The Kier molecular flexibility index (Phi) is 3.01. The molecule has 0 aliphatic heterocycles. The van der Waals surface area contributed by atoms with Gasteiger partial charge in [0, 0.05) is 18.1 Å². The molecule has 2 aromatic heterocycles. The van der Waals surface area contributed by atoms with Crippen LogP contribution in [0.1, 0.15) is 0 Å². The van der Waals surface area contributed by atoms with Gasteiger partial charge in [-0.1, -0.05) is 6.58 Å². The van der Waals surface area contributed by atoms with Crippen molar-refractivity contribution in [2.75, 3.05) is 5.32 Å². The highest BCUT2D eigenvalue weighted by molar-refractivity contribution is 5.99. The Balaban J connectivity index is 1.99. The molecule has 0 unspecified atom stereocenters. The Morgan fingerprint density at radius 2 is 2.25 bits per heavy atom. The van der Waals surface area contributed by atoms with E-state index in [0.29, 0.717) is 22.7 Å². The maximum Gasteiger partial charge on any atom is 0.247 e. The molecule has 98 valence electrons. The first-order valence-corrected chi connectivity index (χ1v) is 6.00. The van der Waals surface area contributed by atoms with Crippen molar-refractivity contribution in [1.29, 1.82) is 0 Å². The van der Waals surface area contributed by atoms with E-state index in [2.05, 4.69) is 21.9 Å². The summed E-state index contributed by atoms with van der Waals surface area (Å²) in [6, 6.07) is 8.96. The molecule has 20 heavy (non-hydrogen) atoms. The first-order valence-electron chi connectivity index (χ1n) is 6.00. The molecule has 5 nitrogen and oxygen atoms in total. The number of nitrogens with one attached hydrogen (secondary N) is 1. The third kappa shape index (κ3) is 2.29. The summed E-state index contributed by atoms with van der Waals surface area (Å²) in [5, 5.41) is 2.68. The maximum atomic E-state index is 11.3. The molecule has 3 aromatic rings. The van der Waals surface area contributed by atoms with Gasteiger partial charge in [0.25, 0.3) is 0 Å². The highest BCUT2D eigenvalue weighted by atomic mass is 16.3. The Morgan fingerprint density at radius 1 is 1.35 bits per heavy atom. The van der Waals surface area contributed by atoms with Gasteiger partial charge in [0.1, 0.15) is 5.52 Å². The van der Waals surface area contributed by atoms with Crippen molar-refractivity contribution in [3.8, 4) is 11.5 Å². The van der Waals surface area contributed by atoms with Crippen LogP contribution in [0.15, 0.2) is 59.8 Å². The molecular weight excluding hydrogens is 254 g/mol. The molecule has 0 atom stereocenters. The van der Waals surface area contributed by atoms with Crippen molar-refractivity contribution in [3.05, 3.63) is 55.4 Å². The van der Waals surface area contributed by atoms with Crippen LogP contribution in [-0.4, -0.2) is 15.9 Å². The molecule has 0 bridgehead atoms. The van der Waals surface area contributed by atoms with Gasteiger partial charge in [-0.25, -0.2) is 4.98 Å². The number of fused-ring (bicyclic) bond motifs is 1. The van der Waals surface area contributed by atoms with Gasteiger partial charge < -0.3 is 9.73 Å². The van der Waals surface area contributed by atoms with Gasteiger partial charge in [-0.15, -0.1) is 0 Å². The summed E-state index contributed by atoms with van der Waals surface area (Å²) in [5.41, 5.74) is 2.78. The van der Waals surface area contributed by atoms with E-state index in [1.807, 2.05) is 12.1 Å². The van der Waals surface area contributed by atoms with Crippen molar-refractivity contribution in [2.24, 2.45) is 0 Å². The van der Waals surface area contributed by atoms with E-state index >= 15 is 0 Å². The molecule has 3 rings (SSSR count). The van der Waals surface area contributed by atoms with Crippen LogP contribution < -0.4 is 5.32 Å². The fourth-order valence-corrected chi connectivity index (χ4v) is 1.81. The normalized spacial score (nSPS) is 10.4. The minimum absolute atomic E-state index is 0.264. The number of nitrogens with zero attached hydrogens (tertiary/aromatic N) is 2. The number of hydrogen-bond donors (Lipinski definition) is 1. The summed E-state index contributed by atoms with van der Waals surface area (Å²) in [5.74, 6) is 0.237. The van der Waals surface area contributed by atoms with E-state index < -0.39 is 0 Å². The summed E-state index contributed by atoms with van der Waals surface area (Å²) in [6.07, 6.45) is 4.59. The van der Waals surface area contributed by atoms with Crippen molar-refractivity contribution in [3.63, 3.8) is 0 Å². The average Bonchev–Trinajstić information content (AvgIpc) is 2.91. The molecule has 0 spiro atoms. The first-order chi connectivity index (χ1) is 9.76. The van der Waals surface area contributed by atoms with Gasteiger partial charge in [0.2, 0.25) is 11.8 Å². The summed E-state index contributed by atoms with van der Waals surface area (Å²) in [7, 11) is 0. The van der Waals surface area contributed by atoms with Crippen LogP contribution in [0.3, 0.4) is 0 Å². The van der Waals surface area contributed by atoms with Crippen LogP contribution in [0.2, 0.25) is 0 Å². The molecule has 5 heteroatoms. The maximum absolute atomic E-state index is 11.3. The lowest BCUT2D eigenvalue weighted by Crippen LogP contribution is -2.06. The summed E-state index contributed by atoms with van der Waals surface area (Å²) in [4.78, 5) is 19.7. The first kappa shape index (κ1) is 12.1. The monoisotopic (exact) mass is 265 g/mol. The van der Waals surface area contributed by atoms with Crippen molar-refractivity contribution < 1.29 is 9.21 Å². The molecular formula is C15H11N3O2. The molecule has 2 heterocycles. The Labute approximate surface area is 115 Å². The Hall–Kier alpha value is -2.95. The van der Waals surface area contributed by atoms with E-state index in [1.165, 1.54) is 6.08 Å². The second-order valence-corrected chi connectivity index (χ2v) is 4.14. The van der Waals surface area contributed by atoms with Crippen molar-refractivity contribution in [2.45, 2.75) is 0 Å². The second kappa shape index (κ2) is 4.97. The zero-order valence-corrected chi connectivity index (χ0v) is 10.5. The van der Waals surface area contributed by atoms with Crippen molar-refractivity contribution in [1.82, 2.24) is 9.97 Å². The standard InChI is InChI=1S/C15H11N3O2/c1-2-14(19)17-11-5-6-13-12(8-11)18-15(20-13)10-4-3-7-16-9-10/h2-9H,1H2,(H,17,19). The van der Waals surface area contributed by atoms with Crippen LogP contribution in [0.4, 0.5) is 5.69 Å². The van der Waals surface area contributed by atoms with Gasteiger partial charge in [-0.05, 0) is 36.4 Å². The number of rotatable bonds is 3. The molecule has 0 fully saturated rings. The summed E-state index contributed by atoms with van der Waals surface area (Å²) in [6.45, 7) is 3.41. The molecule has 0 radical (unpaired) electrons. The summed E-state index contributed by atoms with van der Waals surface area (Å²) >= 11 is 0. The molecule has 1 amide bonds. The second-order valence-electron chi connectivity index (χ2n) is 4.14. The molecule has 0 aliphatic rings. The zero-order chi connectivity index (χ0) is 13.9. The van der Waals surface area contributed by atoms with Gasteiger partial charge in [-0.2, -0.15) is 0 Å². The van der Waals surface area contributed by atoms with Crippen LogP contribution >= 0.6 is 0 Å². The summed E-state index contributed by atoms with van der Waals surface area (Å²) < 4.78 is 5.66. The van der Waals surface area contributed by atoms with Crippen LogP contribution in [-0.2, 0) is 4.79 Å². The van der Waals surface area contributed by atoms with E-state index in [-0.39, 0.29) is 5.91 Å². The number of carbonyl (C=O) groups is 1. The molecule has 0 saturated heterocycles. The number of anilines is 1. The fraction of sp³-hybridized carbons (Fsp3) is 0. The van der Waals surface area contributed by atoms with Gasteiger partial charge >= 0.3 is 0 Å². The third-order valence-corrected chi connectivity index (χ3v) is 2.75. The largest absolute Gasteiger partial charge is 0.436 e. The number of amides is 1. The quantitative estimate of drug-likeness (QED) is 0.739. The van der Waals surface area contributed by atoms with Crippen LogP contribution in [0.25, 0.3) is 22.6 Å². The average molecular weight is 265 g/mol. The lowest BCUT2D eigenvalue weighted by atomic mass is 10.3. The topological polar surface area (TPSA) is 68.0 Å². The number of carbonyl (C=O) groups excluding carboxylic acids is 1. The number of pyridine rings is 1. The van der Waals surface area contributed by atoms with Crippen molar-refractivity contribution >= 4 is 22.7 Å². The smallest absolute Gasteiger partial charge is 0.247 e. The predicted molar refractivity (Wildman–Crippen MR) is 76.1 cm³/mol. The third-order valence-electron chi connectivity index (χ3n) is 2.75. The van der Waals surface area contributed by atoms with Crippen LogP contribution in [0.5, 0.6) is 0 Å². The predicted octanol–water partition coefficient (Wildman–Crippen LogP) is 3.01. The zero-order valence-electron chi connectivity index (χ0n) is 10.5. The van der Waals surface area contributed by atoms with Gasteiger partial charge in [-0.3, -0.25) is 9.78 Å². The SMILES string of the molecule is C=CC(=O)Nc1ccc2oc(-c3cccnc3)nc2c1. The lowest BCUT2D eigenvalue weighted by Gasteiger charge is -2.00. The number of oxazole rings is 1. The highest BCUT2D eigenvalue weighted by Crippen LogP contribution is 2.25. The number of aromatic nitrogens is 2. The minimum atomic E-state index is -0.264. The molecule has 0 saturated carbocycles. The minimum Gasteiger partial charge on any atom is -0.436 e. The van der Waals surface area contributed by atoms with Gasteiger partial charge in [0.15, 0.2) is 5.58 Å². The van der Waals surface area contributed by atoms with E-state index in [1.54, 1.807) is 30.6 Å². The molecule has 1 aromatic carbocycles. The highest BCUT2D eigenvalue weighted by Gasteiger charge is 2.09. The lowest BCUT2D eigenvalue weighted by molar-refractivity contribution is -0.111. The fourth-order valence-electron chi connectivity index (χ4n) is 1.81. The number of hydrogen-bond acceptors (Lipinski definition) is 4. The van der Waals surface area contributed by atoms with E-state index in [9.17, 15) is 4.79 Å². The van der Waals surface area contributed by atoms with Crippen LogP contribution in [0, 0.1) is 0 Å². The number of benzene rings is 1. The molecule has 1 N–H and O–H groups in total. The molecule has 0 aliphatic carbocycles. The Bertz CT molecular complexity index is 778. The van der Waals surface area contributed by atoms with E-state index in [0.717, 1.165) is 5.56 Å². The van der Waals surface area contributed by atoms with E-state index in [4.69, 9.17) is 4.42 Å².